The van der Waals surface area contributed by atoms with Crippen molar-refractivity contribution in [1.82, 2.24) is 10.5 Å². The zero-order valence-electron chi connectivity index (χ0n) is 10.9. The van der Waals surface area contributed by atoms with Crippen LogP contribution in [0, 0.1) is 13.8 Å². The highest BCUT2D eigenvalue weighted by Crippen LogP contribution is 2.19. The summed E-state index contributed by atoms with van der Waals surface area (Å²) in [4.78, 5) is 12.8. The van der Waals surface area contributed by atoms with Gasteiger partial charge in [-0.1, -0.05) is 11.2 Å². The Kier molecular flexibility index (Phi) is 5.04. The molecule has 0 bridgehead atoms. The first-order chi connectivity index (χ1) is 9.16. The number of carbonyl (C=O) groups excluding carboxylic acids is 1. The topological polar surface area (TPSA) is 55.1 Å². The second-order valence-electron chi connectivity index (χ2n) is 4.15. The number of hydrogen-bond donors (Lipinski definition) is 1. The Morgan fingerprint density at radius 1 is 1.53 bits per heavy atom. The highest BCUT2D eigenvalue weighted by Gasteiger charge is 2.10. The van der Waals surface area contributed by atoms with Crippen LogP contribution in [0.25, 0.3) is 0 Å². The summed E-state index contributed by atoms with van der Waals surface area (Å²) in [6, 6.07) is 4.00. The van der Waals surface area contributed by atoms with Crippen LogP contribution in [-0.2, 0) is 17.1 Å². The number of hydrogen-bond acceptors (Lipinski definition) is 5. The van der Waals surface area contributed by atoms with E-state index >= 15 is 0 Å². The van der Waals surface area contributed by atoms with Gasteiger partial charge < -0.3 is 9.84 Å². The van der Waals surface area contributed by atoms with E-state index in [9.17, 15) is 4.79 Å². The summed E-state index contributed by atoms with van der Waals surface area (Å²) < 4.78 is 5.09. The van der Waals surface area contributed by atoms with Crippen molar-refractivity contribution in [2.45, 2.75) is 26.1 Å². The van der Waals surface area contributed by atoms with Crippen LogP contribution in [0.2, 0.25) is 0 Å². The summed E-state index contributed by atoms with van der Waals surface area (Å²) in [6.45, 7) is 4.43. The van der Waals surface area contributed by atoms with Crippen molar-refractivity contribution in [2.75, 3.05) is 5.75 Å². The quantitative estimate of drug-likeness (QED) is 0.890. The summed E-state index contributed by atoms with van der Waals surface area (Å²) in [5, 5.41) is 8.81. The largest absolute Gasteiger partial charge is 0.361 e. The zero-order valence-corrected chi connectivity index (χ0v) is 12.6. The van der Waals surface area contributed by atoms with Crippen LogP contribution >= 0.6 is 23.1 Å². The summed E-state index contributed by atoms with van der Waals surface area (Å²) in [5.74, 6) is 2.11. The molecule has 102 valence electrons. The fourth-order valence-corrected chi connectivity index (χ4v) is 3.25. The molecule has 4 nitrogen and oxygen atoms in total. The molecule has 0 aliphatic rings. The molecule has 1 amide bonds. The van der Waals surface area contributed by atoms with Crippen LogP contribution in [-0.4, -0.2) is 16.8 Å². The third-order valence-corrected chi connectivity index (χ3v) is 4.54. The van der Waals surface area contributed by atoms with Crippen LogP contribution in [0.4, 0.5) is 0 Å². The maximum absolute atomic E-state index is 11.7. The van der Waals surface area contributed by atoms with E-state index in [4.69, 9.17) is 4.52 Å². The normalized spacial score (nSPS) is 10.6. The maximum atomic E-state index is 11.7. The Labute approximate surface area is 120 Å². The van der Waals surface area contributed by atoms with Gasteiger partial charge in [-0.25, -0.2) is 0 Å². The van der Waals surface area contributed by atoms with Gasteiger partial charge in [-0.15, -0.1) is 23.1 Å². The van der Waals surface area contributed by atoms with E-state index in [1.807, 2.05) is 31.4 Å². The molecule has 2 aromatic rings. The molecule has 0 unspecified atom stereocenters. The second kappa shape index (κ2) is 6.77. The van der Waals surface area contributed by atoms with Gasteiger partial charge in [0.15, 0.2) is 0 Å². The van der Waals surface area contributed by atoms with E-state index in [0.717, 1.165) is 22.8 Å². The first-order valence-electron chi connectivity index (χ1n) is 5.95. The molecule has 2 heterocycles. The summed E-state index contributed by atoms with van der Waals surface area (Å²) >= 11 is 3.22. The van der Waals surface area contributed by atoms with Crippen molar-refractivity contribution in [3.05, 3.63) is 39.4 Å². The fourth-order valence-electron chi connectivity index (χ4n) is 1.60. The molecule has 0 atom stereocenters. The number of rotatable bonds is 6. The van der Waals surface area contributed by atoms with Crippen LogP contribution in [0.15, 0.2) is 22.0 Å². The Balaban J connectivity index is 1.69. The van der Waals surface area contributed by atoms with Gasteiger partial charge in [-0.05, 0) is 25.3 Å². The third-order valence-electron chi connectivity index (χ3n) is 2.70. The monoisotopic (exact) mass is 296 g/mol. The Morgan fingerprint density at radius 2 is 2.37 bits per heavy atom. The summed E-state index contributed by atoms with van der Waals surface area (Å²) in [7, 11) is 0. The molecule has 6 heteroatoms. The van der Waals surface area contributed by atoms with Crippen molar-refractivity contribution in [3.8, 4) is 0 Å². The van der Waals surface area contributed by atoms with Gasteiger partial charge in [0.2, 0.25) is 5.91 Å². The van der Waals surface area contributed by atoms with Crippen LogP contribution in [0.1, 0.15) is 21.9 Å². The van der Waals surface area contributed by atoms with Crippen molar-refractivity contribution in [1.29, 1.82) is 0 Å². The molecule has 0 saturated carbocycles. The predicted octanol–water partition coefficient (Wildman–Crippen LogP) is 2.90. The predicted molar refractivity (Wildman–Crippen MR) is 78.3 cm³/mol. The Bertz CT molecular complexity index is 515. The SMILES string of the molecule is Cc1noc(C)c1CSCC(=O)NCc1cccs1. The molecule has 19 heavy (non-hydrogen) atoms. The van der Waals surface area contributed by atoms with E-state index < -0.39 is 0 Å². The lowest BCUT2D eigenvalue weighted by atomic mass is 10.2. The van der Waals surface area contributed by atoms with Gasteiger partial charge >= 0.3 is 0 Å². The minimum absolute atomic E-state index is 0.0603. The number of amides is 1. The van der Waals surface area contributed by atoms with E-state index in [1.165, 1.54) is 4.88 Å². The molecule has 0 radical (unpaired) electrons. The number of aryl methyl sites for hydroxylation is 2. The molecule has 0 fully saturated rings. The maximum Gasteiger partial charge on any atom is 0.230 e. The summed E-state index contributed by atoms with van der Waals surface area (Å²) in [5.41, 5.74) is 2.00. The molecule has 2 aromatic heterocycles. The molecule has 0 saturated heterocycles. The highest BCUT2D eigenvalue weighted by atomic mass is 32.2. The van der Waals surface area contributed by atoms with Gasteiger partial charge in [-0.3, -0.25) is 4.79 Å². The van der Waals surface area contributed by atoms with Crippen LogP contribution in [0.5, 0.6) is 0 Å². The van der Waals surface area contributed by atoms with Gasteiger partial charge in [0.25, 0.3) is 0 Å². The highest BCUT2D eigenvalue weighted by molar-refractivity contribution is 7.99. The lowest BCUT2D eigenvalue weighted by Gasteiger charge is -2.03. The second-order valence-corrected chi connectivity index (χ2v) is 6.17. The van der Waals surface area contributed by atoms with Gasteiger partial charge in [0.05, 0.1) is 18.0 Å². The molecule has 0 spiro atoms. The number of carbonyl (C=O) groups is 1. The molecule has 2 rings (SSSR count). The number of aromatic nitrogens is 1. The van der Waals surface area contributed by atoms with Crippen LogP contribution < -0.4 is 5.32 Å². The van der Waals surface area contributed by atoms with E-state index in [0.29, 0.717) is 12.3 Å². The molecular weight excluding hydrogens is 280 g/mol. The first kappa shape index (κ1) is 14.1. The Hall–Kier alpha value is -1.27. The molecule has 0 aromatic carbocycles. The first-order valence-corrected chi connectivity index (χ1v) is 7.99. The zero-order chi connectivity index (χ0) is 13.7. The van der Waals surface area contributed by atoms with Crippen molar-refractivity contribution in [2.24, 2.45) is 0 Å². The number of nitrogens with one attached hydrogen (secondary N) is 1. The third kappa shape index (κ3) is 4.11. The molecule has 0 aliphatic heterocycles. The van der Waals surface area contributed by atoms with Gasteiger partial charge in [0.1, 0.15) is 5.76 Å². The minimum atomic E-state index is 0.0603. The van der Waals surface area contributed by atoms with Crippen molar-refractivity contribution >= 4 is 29.0 Å². The van der Waals surface area contributed by atoms with Crippen LogP contribution in [0.3, 0.4) is 0 Å². The van der Waals surface area contributed by atoms with E-state index in [-0.39, 0.29) is 5.91 Å². The van der Waals surface area contributed by atoms with E-state index in [1.54, 1.807) is 23.1 Å². The average molecular weight is 296 g/mol. The Morgan fingerprint density at radius 3 is 3.00 bits per heavy atom. The average Bonchev–Trinajstić information content (AvgIpc) is 3.00. The van der Waals surface area contributed by atoms with Crippen molar-refractivity contribution < 1.29 is 9.32 Å². The molecular formula is C13H16N2O2S2. The van der Waals surface area contributed by atoms with Gasteiger partial charge in [0, 0.05) is 16.2 Å². The fraction of sp³-hybridized carbons (Fsp3) is 0.385. The van der Waals surface area contributed by atoms with Gasteiger partial charge in [-0.2, -0.15) is 0 Å². The standard InChI is InChI=1S/C13H16N2O2S2/c1-9-12(10(2)17-15-9)7-18-8-13(16)14-6-11-4-3-5-19-11/h3-5H,6-8H2,1-2H3,(H,14,16). The summed E-state index contributed by atoms with van der Waals surface area (Å²) in [6.07, 6.45) is 0. The lowest BCUT2D eigenvalue weighted by Crippen LogP contribution is -2.24. The lowest BCUT2D eigenvalue weighted by molar-refractivity contribution is -0.118. The molecule has 0 aliphatic carbocycles. The smallest absolute Gasteiger partial charge is 0.230 e. The van der Waals surface area contributed by atoms with E-state index in [2.05, 4.69) is 10.5 Å². The number of nitrogens with zero attached hydrogens (tertiary/aromatic N) is 1. The number of thioether (sulfide) groups is 1. The molecule has 1 N–H and O–H groups in total. The number of thiophene rings is 1. The minimum Gasteiger partial charge on any atom is -0.361 e. The van der Waals surface area contributed by atoms with Crippen molar-refractivity contribution in [3.63, 3.8) is 0 Å².